The van der Waals surface area contributed by atoms with E-state index in [0.29, 0.717) is 11.1 Å². The second-order valence-electron chi connectivity index (χ2n) is 7.68. The molecule has 2 aliphatic heterocycles. The third-order valence-electron chi connectivity index (χ3n) is 5.39. The highest BCUT2D eigenvalue weighted by Crippen LogP contribution is 2.39. The summed E-state index contributed by atoms with van der Waals surface area (Å²) >= 11 is 0. The number of ether oxygens (including phenoxy) is 5. The van der Waals surface area contributed by atoms with Gasteiger partial charge in [0.25, 0.3) is 0 Å². The van der Waals surface area contributed by atoms with Crippen LogP contribution in [0.25, 0.3) is 0 Å². The Labute approximate surface area is 194 Å². The lowest BCUT2D eigenvalue weighted by molar-refractivity contribution is -0.360. The van der Waals surface area contributed by atoms with Crippen molar-refractivity contribution in [1.82, 2.24) is 0 Å². The average molecular weight is 504 g/mol. The molecule has 2 heterocycles. The van der Waals surface area contributed by atoms with Crippen molar-refractivity contribution in [2.45, 2.75) is 49.1 Å². The van der Waals surface area contributed by atoms with Crippen LogP contribution >= 0.6 is 0 Å². The summed E-state index contributed by atoms with van der Waals surface area (Å²) in [6.07, 6.45) is -7.52. The maximum absolute atomic E-state index is 13.2. The van der Waals surface area contributed by atoms with Gasteiger partial charge in [-0.3, -0.25) is 4.18 Å². The fourth-order valence-corrected chi connectivity index (χ4v) is 4.39. The standard InChI is InChI=1S/C22H23F3O8S/c1-28-21-19(29-12-14-8-4-2-5-9-14)18(33-34(26,27)22(23,24)25)17-16(31-21)13-30-20(32-17)15-10-6-3-7-11-15/h2-11,16-21H,12-13H2,1H3/t16-,17+,18+,19-,20+,21+/m1/s1. The highest BCUT2D eigenvalue weighted by molar-refractivity contribution is 7.87. The highest BCUT2D eigenvalue weighted by Gasteiger charge is 2.57. The molecule has 34 heavy (non-hydrogen) atoms. The molecule has 0 saturated carbocycles. The molecule has 186 valence electrons. The summed E-state index contributed by atoms with van der Waals surface area (Å²) in [6, 6.07) is 17.5. The van der Waals surface area contributed by atoms with Crippen LogP contribution in [-0.2, 0) is 44.6 Å². The molecular formula is C22H23F3O8S. The van der Waals surface area contributed by atoms with E-state index >= 15 is 0 Å². The molecule has 2 fully saturated rings. The van der Waals surface area contributed by atoms with Crippen LogP contribution in [0.4, 0.5) is 13.2 Å². The topological polar surface area (TPSA) is 89.5 Å². The van der Waals surface area contributed by atoms with Gasteiger partial charge in [0.1, 0.15) is 24.4 Å². The fraction of sp³-hybridized carbons (Fsp3) is 0.455. The van der Waals surface area contributed by atoms with Gasteiger partial charge in [-0.25, -0.2) is 0 Å². The molecule has 2 aliphatic rings. The Bertz CT molecular complexity index is 1030. The number of alkyl halides is 3. The SMILES string of the molecule is CO[C@H]1O[C@@H]2CO[C@H](c3ccccc3)O[C@@H]2[C@H](OS(=O)(=O)C(F)(F)F)[C@H]1OCc1ccccc1. The normalized spacial score (nSPS) is 30.0. The van der Waals surface area contributed by atoms with Gasteiger partial charge in [-0.2, -0.15) is 21.6 Å². The first-order valence-corrected chi connectivity index (χ1v) is 11.8. The predicted molar refractivity (Wildman–Crippen MR) is 111 cm³/mol. The van der Waals surface area contributed by atoms with Gasteiger partial charge in [0.2, 0.25) is 0 Å². The van der Waals surface area contributed by atoms with Crippen LogP contribution in [-0.4, -0.2) is 58.3 Å². The Kier molecular flexibility index (Phi) is 7.57. The van der Waals surface area contributed by atoms with Crippen molar-refractivity contribution in [3.63, 3.8) is 0 Å². The Hall–Kier alpha value is -2.06. The van der Waals surface area contributed by atoms with E-state index in [1.165, 1.54) is 7.11 Å². The summed E-state index contributed by atoms with van der Waals surface area (Å²) < 4.78 is 96.8. The van der Waals surface area contributed by atoms with Crippen LogP contribution in [0.5, 0.6) is 0 Å². The van der Waals surface area contributed by atoms with Gasteiger partial charge in [0, 0.05) is 12.7 Å². The van der Waals surface area contributed by atoms with E-state index in [9.17, 15) is 21.6 Å². The minimum Gasteiger partial charge on any atom is -0.365 e. The van der Waals surface area contributed by atoms with Crippen molar-refractivity contribution >= 4 is 10.1 Å². The Morgan fingerprint density at radius 2 is 1.62 bits per heavy atom. The van der Waals surface area contributed by atoms with Crippen LogP contribution in [0.2, 0.25) is 0 Å². The highest BCUT2D eigenvalue weighted by atomic mass is 32.2. The van der Waals surface area contributed by atoms with Crippen LogP contribution in [0.1, 0.15) is 17.4 Å². The molecule has 0 spiro atoms. The summed E-state index contributed by atoms with van der Waals surface area (Å²) in [7, 11) is -4.73. The van der Waals surface area contributed by atoms with E-state index in [-0.39, 0.29) is 13.2 Å². The summed E-state index contributed by atoms with van der Waals surface area (Å²) in [6.45, 7) is -0.155. The molecule has 0 N–H and O–H groups in total. The Morgan fingerprint density at radius 1 is 0.971 bits per heavy atom. The second-order valence-corrected chi connectivity index (χ2v) is 9.24. The molecule has 2 aromatic rings. The Balaban J connectivity index is 1.64. The summed E-state index contributed by atoms with van der Waals surface area (Å²) in [5.74, 6) is 0. The number of fused-ring (bicyclic) bond motifs is 1. The van der Waals surface area contributed by atoms with Crippen LogP contribution in [0.3, 0.4) is 0 Å². The van der Waals surface area contributed by atoms with E-state index in [0.717, 1.165) is 0 Å². The molecule has 0 aromatic heterocycles. The minimum atomic E-state index is -5.99. The number of hydrogen-bond donors (Lipinski definition) is 0. The number of methoxy groups -OCH3 is 1. The maximum atomic E-state index is 13.2. The van der Waals surface area contributed by atoms with E-state index in [1.54, 1.807) is 60.7 Å². The van der Waals surface area contributed by atoms with Gasteiger partial charge >= 0.3 is 15.6 Å². The predicted octanol–water partition coefficient (Wildman–Crippen LogP) is 3.29. The van der Waals surface area contributed by atoms with Gasteiger partial charge in [-0.05, 0) is 5.56 Å². The van der Waals surface area contributed by atoms with E-state index in [1.807, 2.05) is 0 Å². The zero-order chi connectivity index (χ0) is 24.3. The molecule has 2 saturated heterocycles. The molecule has 12 heteroatoms. The van der Waals surface area contributed by atoms with Crippen molar-refractivity contribution in [3.8, 4) is 0 Å². The van der Waals surface area contributed by atoms with E-state index < -0.39 is 52.6 Å². The van der Waals surface area contributed by atoms with Gasteiger partial charge in [0.05, 0.1) is 13.2 Å². The first kappa shape index (κ1) is 25.0. The second kappa shape index (κ2) is 10.3. The van der Waals surface area contributed by atoms with Gasteiger partial charge in [-0.15, -0.1) is 0 Å². The lowest BCUT2D eigenvalue weighted by atomic mass is 9.97. The molecule has 4 rings (SSSR count). The Morgan fingerprint density at radius 3 is 2.24 bits per heavy atom. The van der Waals surface area contributed by atoms with E-state index in [2.05, 4.69) is 0 Å². The van der Waals surface area contributed by atoms with Crippen LogP contribution in [0, 0.1) is 0 Å². The molecule has 0 bridgehead atoms. The lowest BCUT2D eigenvalue weighted by Crippen LogP contribution is -2.64. The monoisotopic (exact) mass is 504 g/mol. The molecule has 8 nitrogen and oxygen atoms in total. The smallest absolute Gasteiger partial charge is 0.365 e. The largest absolute Gasteiger partial charge is 0.523 e. The fourth-order valence-electron chi connectivity index (χ4n) is 3.77. The number of benzene rings is 2. The first-order valence-electron chi connectivity index (χ1n) is 10.3. The maximum Gasteiger partial charge on any atom is 0.523 e. The third-order valence-corrected chi connectivity index (χ3v) is 6.44. The number of rotatable bonds is 7. The zero-order valence-corrected chi connectivity index (χ0v) is 18.8. The van der Waals surface area contributed by atoms with Gasteiger partial charge in [0.15, 0.2) is 12.6 Å². The molecule has 6 atom stereocenters. The number of halogens is 3. The molecule has 0 amide bonds. The van der Waals surface area contributed by atoms with Gasteiger partial charge in [-0.1, -0.05) is 60.7 Å². The molecule has 2 aromatic carbocycles. The average Bonchev–Trinajstić information content (AvgIpc) is 2.83. The molecule has 0 unspecified atom stereocenters. The van der Waals surface area contributed by atoms with Crippen molar-refractivity contribution in [2.75, 3.05) is 13.7 Å². The zero-order valence-electron chi connectivity index (χ0n) is 18.0. The lowest BCUT2D eigenvalue weighted by Gasteiger charge is -2.48. The van der Waals surface area contributed by atoms with Crippen molar-refractivity contribution in [1.29, 1.82) is 0 Å². The summed E-state index contributed by atoms with van der Waals surface area (Å²) in [5.41, 5.74) is -4.35. The van der Waals surface area contributed by atoms with Crippen molar-refractivity contribution < 1.29 is 49.5 Å². The van der Waals surface area contributed by atoms with Crippen LogP contribution in [0.15, 0.2) is 60.7 Å². The van der Waals surface area contributed by atoms with Crippen molar-refractivity contribution in [2.24, 2.45) is 0 Å². The summed E-state index contributed by atoms with van der Waals surface area (Å²) in [5, 5.41) is 0. The van der Waals surface area contributed by atoms with Crippen LogP contribution < -0.4 is 0 Å². The molecular weight excluding hydrogens is 481 g/mol. The minimum absolute atomic E-state index is 0.0589. The third kappa shape index (κ3) is 5.43. The number of hydrogen-bond acceptors (Lipinski definition) is 8. The first-order chi connectivity index (χ1) is 16.2. The molecule has 0 aliphatic carbocycles. The van der Waals surface area contributed by atoms with Crippen molar-refractivity contribution in [3.05, 3.63) is 71.8 Å². The van der Waals surface area contributed by atoms with E-state index in [4.69, 9.17) is 27.9 Å². The molecule has 0 radical (unpaired) electrons. The van der Waals surface area contributed by atoms with Gasteiger partial charge < -0.3 is 23.7 Å². The summed E-state index contributed by atoms with van der Waals surface area (Å²) in [4.78, 5) is 0. The quantitative estimate of drug-likeness (QED) is 0.419.